The van der Waals surface area contributed by atoms with Gasteiger partial charge in [-0.1, -0.05) is 31.4 Å². The van der Waals surface area contributed by atoms with E-state index in [4.69, 9.17) is 9.47 Å². The summed E-state index contributed by atoms with van der Waals surface area (Å²) in [6.45, 7) is 6.42. The van der Waals surface area contributed by atoms with Gasteiger partial charge in [0.2, 0.25) is 0 Å². The van der Waals surface area contributed by atoms with Crippen LogP contribution in [0.4, 0.5) is 13.2 Å². The zero-order valence-corrected chi connectivity index (χ0v) is 16.5. The maximum Gasteiger partial charge on any atom is 0.420 e. The number of hydrogen-bond donors (Lipinski definition) is 0. The Bertz CT molecular complexity index is 1040. The number of carbonyl (C=O) groups is 2. The van der Waals surface area contributed by atoms with Crippen LogP contribution in [0, 0.1) is 0 Å². The van der Waals surface area contributed by atoms with E-state index in [9.17, 15) is 22.8 Å². The first kappa shape index (κ1) is 24.0. The Hall–Kier alpha value is -4.27. The molecule has 0 bridgehead atoms. The average molecular weight is 446 g/mol. The summed E-state index contributed by atoms with van der Waals surface area (Å²) >= 11 is 0. The topological polar surface area (TPSA) is 71.1 Å². The molecule has 2 aromatic rings. The third-order valence-corrected chi connectivity index (χ3v) is 3.68. The number of esters is 2. The average Bonchev–Trinajstić information content (AvgIpc) is 2.79. The van der Waals surface area contributed by atoms with Gasteiger partial charge in [0, 0.05) is 12.2 Å². The van der Waals surface area contributed by atoms with Crippen LogP contribution >= 0.6 is 0 Å². The number of carbonyl (C=O) groups excluding carboxylic acids is 2. The summed E-state index contributed by atoms with van der Waals surface area (Å²) in [6.07, 6.45) is 0.973. The first-order valence-electron chi connectivity index (χ1n) is 8.85. The molecule has 32 heavy (non-hydrogen) atoms. The summed E-state index contributed by atoms with van der Waals surface area (Å²) in [5, 5.41) is 0. The fraction of sp³-hybridized carbons (Fsp3) is 0.0435. The summed E-state index contributed by atoms with van der Waals surface area (Å²) in [4.78, 5) is 21.8. The lowest BCUT2D eigenvalue weighted by Crippen LogP contribution is -2.07. The number of hydrogen-bond acceptors (Lipinski definition) is 6. The van der Waals surface area contributed by atoms with Gasteiger partial charge in [-0.2, -0.15) is 13.2 Å². The van der Waals surface area contributed by atoms with Crippen molar-refractivity contribution in [1.29, 1.82) is 0 Å². The minimum absolute atomic E-state index is 0.286. The van der Waals surface area contributed by atoms with Gasteiger partial charge in [-0.15, -0.1) is 0 Å². The summed E-state index contributed by atoms with van der Waals surface area (Å²) in [6, 6.07) is 9.71. The zero-order chi connectivity index (χ0) is 23.6. The molecule has 0 atom stereocenters. The molecule has 0 amide bonds. The highest BCUT2D eigenvalue weighted by Crippen LogP contribution is 2.39. The smallest absolute Gasteiger partial charge is 0.420 e. The molecule has 0 saturated carbocycles. The second kappa shape index (κ2) is 11.2. The molecule has 0 N–H and O–H groups in total. The van der Waals surface area contributed by atoms with Crippen molar-refractivity contribution in [3.8, 4) is 22.6 Å². The molecule has 0 aliphatic heterocycles. The highest BCUT2D eigenvalue weighted by Gasteiger charge is 2.34. The third kappa shape index (κ3) is 7.21. The van der Waals surface area contributed by atoms with E-state index in [1.807, 2.05) is 0 Å². The Balaban J connectivity index is 2.15. The Kier molecular flexibility index (Phi) is 8.41. The van der Waals surface area contributed by atoms with E-state index >= 15 is 0 Å². The highest BCUT2D eigenvalue weighted by atomic mass is 19.4. The molecule has 9 heteroatoms. The number of rotatable bonds is 9. The first-order valence-corrected chi connectivity index (χ1v) is 8.85. The second-order valence-electron chi connectivity index (χ2n) is 5.80. The lowest BCUT2D eigenvalue weighted by molar-refractivity contribution is -0.138. The van der Waals surface area contributed by atoms with Crippen LogP contribution in [-0.2, 0) is 25.2 Å². The second-order valence-corrected chi connectivity index (χ2v) is 5.80. The van der Waals surface area contributed by atoms with Crippen LogP contribution in [-0.4, -0.2) is 11.9 Å². The Morgan fingerprint density at radius 3 is 1.81 bits per heavy atom. The van der Waals surface area contributed by atoms with Crippen molar-refractivity contribution >= 4 is 11.9 Å². The van der Waals surface area contributed by atoms with E-state index in [0.29, 0.717) is 11.3 Å². The SMILES string of the molecule is C=CC(=O)OC=COc1ccc(-c2ccc(OC=COC(=O)C=C)c(C(F)(F)F)c2)cc1. The first-order chi connectivity index (χ1) is 15.2. The molecule has 0 radical (unpaired) electrons. The molecule has 2 rings (SSSR count). The molecule has 6 nitrogen and oxygen atoms in total. The molecular formula is C23H17F3O6. The number of benzene rings is 2. The normalized spacial score (nSPS) is 11.2. The van der Waals surface area contributed by atoms with Gasteiger partial charge in [-0.3, -0.25) is 0 Å². The fourth-order valence-electron chi connectivity index (χ4n) is 2.25. The molecule has 2 aromatic carbocycles. The van der Waals surface area contributed by atoms with Gasteiger partial charge in [0.05, 0.1) is 5.56 Å². The van der Waals surface area contributed by atoms with E-state index in [1.165, 1.54) is 18.2 Å². The van der Waals surface area contributed by atoms with Crippen molar-refractivity contribution in [3.05, 3.63) is 98.4 Å². The van der Waals surface area contributed by atoms with Crippen LogP contribution < -0.4 is 9.47 Å². The van der Waals surface area contributed by atoms with Gasteiger partial charge in [-0.05, 0) is 35.4 Å². The van der Waals surface area contributed by atoms with Crippen molar-refractivity contribution in [2.45, 2.75) is 6.18 Å². The number of alkyl halides is 3. The Morgan fingerprint density at radius 1 is 0.750 bits per heavy atom. The zero-order valence-electron chi connectivity index (χ0n) is 16.5. The Labute approximate surface area is 181 Å². The molecule has 0 saturated heterocycles. The molecular weight excluding hydrogens is 429 g/mol. The molecule has 0 spiro atoms. The molecule has 0 aliphatic carbocycles. The standard InChI is InChI=1S/C23H17F3O6/c1-3-21(27)31-13-11-29-18-8-5-16(6-9-18)17-7-10-20(19(15-17)23(24,25)26)30-12-14-32-22(28)4-2/h3-15H,1-2H2. The van der Waals surface area contributed by atoms with E-state index in [-0.39, 0.29) is 5.56 Å². The summed E-state index contributed by atoms with van der Waals surface area (Å²) in [5.74, 6) is -1.53. The molecule has 166 valence electrons. The van der Waals surface area contributed by atoms with E-state index < -0.39 is 29.4 Å². The maximum absolute atomic E-state index is 13.5. The summed E-state index contributed by atoms with van der Waals surface area (Å²) < 4.78 is 59.7. The van der Waals surface area contributed by atoms with Crippen LogP contribution in [0.1, 0.15) is 5.56 Å². The summed E-state index contributed by atoms with van der Waals surface area (Å²) in [5.41, 5.74) is -0.234. The molecule has 0 aliphatic rings. The predicted octanol–water partition coefficient (Wildman–Crippen LogP) is 5.53. The summed E-state index contributed by atoms with van der Waals surface area (Å²) in [7, 11) is 0. The number of halogens is 3. The van der Waals surface area contributed by atoms with Gasteiger partial charge < -0.3 is 18.9 Å². The predicted molar refractivity (Wildman–Crippen MR) is 109 cm³/mol. The van der Waals surface area contributed by atoms with Gasteiger partial charge in [0.1, 0.15) is 36.5 Å². The minimum atomic E-state index is -4.69. The molecule has 0 heterocycles. The van der Waals surface area contributed by atoms with Crippen molar-refractivity contribution < 1.29 is 41.7 Å². The minimum Gasteiger partial charge on any atom is -0.462 e. The van der Waals surface area contributed by atoms with Crippen LogP contribution in [0.25, 0.3) is 11.1 Å². The maximum atomic E-state index is 13.5. The van der Waals surface area contributed by atoms with Crippen molar-refractivity contribution in [3.63, 3.8) is 0 Å². The van der Waals surface area contributed by atoms with E-state index in [1.54, 1.807) is 12.1 Å². The molecule has 0 unspecified atom stereocenters. The van der Waals surface area contributed by atoms with Gasteiger partial charge in [0.25, 0.3) is 0 Å². The fourth-order valence-corrected chi connectivity index (χ4v) is 2.25. The Morgan fingerprint density at radius 2 is 1.28 bits per heavy atom. The van der Waals surface area contributed by atoms with Crippen molar-refractivity contribution in [1.82, 2.24) is 0 Å². The van der Waals surface area contributed by atoms with E-state index in [2.05, 4.69) is 22.6 Å². The van der Waals surface area contributed by atoms with Crippen molar-refractivity contribution in [2.75, 3.05) is 0 Å². The van der Waals surface area contributed by atoms with E-state index in [0.717, 1.165) is 49.3 Å². The van der Waals surface area contributed by atoms with Crippen molar-refractivity contribution in [2.24, 2.45) is 0 Å². The quantitative estimate of drug-likeness (QED) is 0.287. The van der Waals surface area contributed by atoms with Gasteiger partial charge in [-0.25, -0.2) is 9.59 Å². The van der Waals surface area contributed by atoms with Crippen LogP contribution in [0.3, 0.4) is 0 Å². The van der Waals surface area contributed by atoms with Gasteiger partial charge >= 0.3 is 18.1 Å². The van der Waals surface area contributed by atoms with Gasteiger partial charge in [0.15, 0.2) is 0 Å². The van der Waals surface area contributed by atoms with Crippen LogP contribution in [0.5, 0.6) is 11.5 Å². The highest BCUT2D eigenvalue weighted by molar-refractivity contribution is 5.82. The third-order valence-electron chi connectivity index (χ3n) is 3.68. The monoisotopic (exact) mass is 446 g/mol. The largest absolute Gasteiger partial charge is 0.462 e. The lowest BCUT2D eigenvalue weighted by atomic mass is 10.0. The van der Waals surface area contributed by atoms with Crippen LogP contribution in [0.15, 0.2) is 92.8 Å². The number of ether oxygens (including phenoxy) is 4. The molecule has 0 aromatic heterocycles. The van der Waals surface area contributed by atoms with Crippen LogP contribution in [0.2, 0.25) is 0 Å². The molecule has 0 fully saturated rings. The lowest BCUT2D eigenvalue weighted by Gasteiger charge is -2.14.